The van der Waals surface area contributed by atoms with Crippen LogP contribution < -0.4 is 0 Å². The number of halogens is 1. The Bertz CT molecular complexity index is 394. The molecule has 0 atom stereocenters. The molecule has 0 aliphatic heterocycles. The Labute approximate surface area is 83.8 Å². The van der Waals surface area contributed by atoms with Gasteiger partial charge >= 0.3 is 0 Å². The first-order valence-corrected chi connectivity index (χ1v) is 4.75. The summed E-state index contributed by atoms with van der Waals surface area (Å²) in [6, 6.07) is 6.62. The predicted octanol–water partition coefficient (Wildman–Crippen LogP) is 3.81. The van der Waals surface area contributed by atoms with Crippen molar-refractivity contribution in [3.05, 3.63) is 53.9 Å². The molecule has 1 aromatic rings. The average molecular weight is 188 g/mol. The Balaban J connectivity index is 2.35. The summed E-state index contributed by atoms with van der Waals surface area (Å²) < 4.78 is 12.7. The summed E-state index contributed by atoms with van der Waals surface area (Å²) in [5.41, 5.74) is 2.38. The van der Waals surface area contributed by atoms with Crippen LogP contribution >= 0.6 is 0 Å². The quantitative estimate of drug-likeness (QED) is 0.628. The standard InChI is InChI=1S/C13H13F/c1-13(2)8-7-11(9-13)10-3-5-12(14)6-4-10/h3-9H,1-2H3. The fraction of sp³-hybridized carbons (Fsp3) is 0.231. The van der Waals surface area contributed by atoms with Crippen molar-refractivity contribution in [1.82, 2.24) is 0 Å². The molecule has 0 radical (unpaired) electrons. The van der Waals surface area contributed by atoms with Crippen LogP contribution in [0.1, 0.15) is 19.4 Å². The molecule has 0 spiro atoms. The van der Waals surface area contributed by atoms with E-state index in [1.807, 2.05) is 12.1 Å². The Morgan fingerprint density at radius 3 is 2.21 bits per heavy atom. The van der Waals surface area contributed by atoms with Gasteiger partial charge in [-0.3, -0.25) is 0 Å². The number of hydrogen-bond acceptors (Lipinski definition) is 0. The average Bonchev–Trinajstić information content (AvgIpc) is 2.47. The van der Waals surface area contributed by atoms with Crippen LogP contribution in [0.2, 0.25) is 0 Å². The molecule has 1 aromatic carbocycles. The third-order valence-electron chi connectivity index (χ3n) is 2.40. The molecule has 0 N–H and O–H groups in total. The van der Waals surface area contributed by atoms with Gasteiger partial charge in [0.25, 0.3) is 0 Å². The van der Waals surface area contributed by atoms with Gasteiger partial charge in [0.15, 0.2) is 0 Å². The van der Waals surface area contributed by atoms with Crippen molar-refractivity contribution in [3.63, 3.8) is 0 Å². The molecule has 0 unspecified atom stereocenters. The monoisotopic (exact) mass is 188 g/mol. The van der Waals surface area contributed by atoms with Gasteiger partial charge in [-0.05, 0) is 23.3 Å². The Kier molecular flexibility index (Phi) is 2.03. The fourth-order valence-corrected chi connectivity index (χ4v) is 1.62. The molecule has 0 saturated carbocycles. The molecular formula is C13H13F. The van der Waals surface area contributed by atoms with E-state index in [0.29, 0.717) is 0 Å². The molecule has 72 valence electrons. The minimum Gasteiger partial charge on any atom is -0.207 e. The Morgan fingerprint density at radius 1 is 1.07 bits per heavy atom. The second-order valence-corrected chi connectivity index (χ2v) is 4.26. The first kappa shape index (κ1) is 9.20. The molecule has 0 saturated heterocycles. The van der Waals surface area contributed by atoms with Crippen LogP contribution in [0, 0.1) is 11.2 Å². The summed E-state index contributed by atoms with van der Waals surface area (Å²) in [6.45, 7) is 4.31. The summed E-state index contributed by atoms with van der Waals surface area (Å²) in [5, 5.41) is 0. The number of benzene rings is 1. The normalized spacial score (nSPS) is 18.4. The van der Waals surface area contributed by atoms with Gasteiger partial charge in [0.1, 0.15) is 5.82 Å². The highest BCUT2D eigenvalue weighted by Gasteiger charge is 2.17. The lowest BCUT2D eigenvalue weighted by atomic mass is 9.95. The molecular weight excluding hydrogens is 175 g/mol. The van der Waals surface area contributed by atoms with Gasteiger partial charge in [0.05, 0.1) is 0 Å². The van der Waals surface area contributed by atoms with E-state index in [9.17, 15) is 4.39 Å². The number of allylic oxidation sites excluding steroid dienone is 4. The topological polar surface area (TPSA) is 0 Å². The zero-order valence-electron chi connectivity index (χ0n) is 8.42. The summed E-state index contributed by atoms with van der Waals surface area (Å²) in [5.74, 6) is -0.185. The van der Waals surface area contributed by atoms with Gasteiger partial charge in [0.2, 0.25) is 0 Å². The largest absolute Gasteiger partial charge is 0.207 e. The van der Waals surface area contributed by atoms with Crippen molar-refractivity contribution >= 4 is 5.57 Å². The van der Waals surface area contributed by atoms with Gasteiger partial charge in [-0.2, -0.15) is 0 Å². The summed E-state index contributed by atoms with van der Waals surface area (Å²) >= 11 is 0. The van der Waals surface area contributed by atoms with Crippen molar-refractivity contribution in [3.8, 4) is 0 Å². The third-order valence-corrected chi connectivity index (χ3v) is 2.40. The molecule has 0 bridgehead atoms. The Hall–Kier alpha value is -1.37. The van der Waals surface area contributed by atoms with Crippen LogP contribution in [0.4, 0.5) is 4.39 Å². The summed E-state index contributed by atoms with van der Waals surface area (Å²) in [7, 11) is 0. The van der Waals surface area contributed by atoms with E-state index < -0.39 is 0 Å². The van der Waals surface area contributed by atoms with Crippen LogP contribution in [0.3, 0.4) is 0 Å². The van der Waals surface area contributed by atoms with Crippen LogP contribution in [-0.4, -0.2) is 0 Å². The highest BCUT2D eigenvalue weighted by molar-refractivity contribution is 5.77. The maximum atomic E-state index is 12.7. The zero-order chi connectivity index (χ0) is 10.2. The van der Waals surface area contributed by atoms with Crippen LogP contribution in [-0.2, 0) is 0 Å². The van der Waals surface area contributed by atoms with Crippen LogP contribution in [0.25, 0.3) is 5.57 Å². The van der Waals surface area contributed by atoms with E-state index in [-0.39, 0.29) is 11.2 Å². The molecule has 0 amide bonds. The van der Waals surface area contributed by atoms with Crippen LogP contribution in [0.15, 0.2) is 42.5 Å². The van der Waals surface area contributed by atoms with E-state index in [2.05, 4.69) is 32.1 Å². The third kappa shape index (κ3) is 1.77. The van der Waals surface area contributed by atoms with Crippen LogP contribution in [0.5, 0.6) is 0 Å². The van der Waals surface area contributed by atoms with E-state index >= 15 is 0 Å². The highest BCUT2D eigenvalue weighted by atomic mass is 19.1. The van der Waals surface area contributed by atoms with E-state index in [1.54, 1.807) is 0 Å². The van der Waals surface area contributed by atoms with Crippen molar-refractivity contribution in [2.24, 2.45) is 5.41 Å². The van der Waals surface area contributed by atoms with Crippen molar-refractivity contribution < 1.29 is 4.39 Å². The molecule has 14 heavy (non-hydrogen) atoms. The lowest BCUT2D eigenvalue weighted by Crippen LogP contribution is -1.97. The molecule has 1 aliphatic rings. The SMILES string of the molecule is CC1(C)C=CC(c2ccc(F)cc2)=C1. The second-order valence-electron chi connectivity index (χ2n) is 4.26. The summed E-state index contributed by atoms with van der Waals surface area (Å²) in [6.07, 6.45) is 6.44. The molecule has 0 fully saturated rings. The minimum atomic E-state index is -0.185. The Morgan fingerprint density at radius 2 is 1.71 bits per heavy atom. The molecule has 1 aliphatic carbocycles. The number of rotatable bonds is 1. The van der Waals surface area contributed by atoms with Gasteiger partial charge in [0, 0.05) is 5.41 Å². The second kappa shape index (κ2) is 3.09. The summed E-state index contributed by atoms with van der Waals surface area (Å²) in [4.78, 5) is 0. The predicted molar refractivity (Wildman–Crippen MR) is 57.3 cm³/mol. The van der Waals surface area contributed by atoms with Crippen molar-refractivity contribution in [2.45, 2.75) is 13.8 Å². The lowest BCUT2D eigenvalue weighted by molar-refractivity contribution is 0.627. The smallest absolute Gasteiger partial charge is 0.123 e. The van der Waals surface area contributed by atoms with E-state index in [4.69, 9.17) is 0 Å². The van der Waals surface area contributed by atoms with Gasteiger partial charge in [-0.15, -0.1) is 0 Å². The molecule has 0 heterocycles. The van der Waals surface area contributed by atoms with Crippen molar-refractivity contribution in [2.75, 3.05) is 0 Å². The zero-order valence-corrected chi connectivity index (χ0v) is 8.42. The van der Waals surface area contributed by atoms with Gasteiger partial charge in [-0.1, -0.05) is 44.2 Å². The van der Waals surface area contributed by atoms with Gasteiger partial charge in [-0.25, -0.2) is 4.39 Å². The number of hydrogen-bond donors (Lipinski definition) is 0. The molecule has 1 heteroatoms. The minimum absolute atomic E-state index is 0.129. The molecule has 0 aromatic heterocycles. The maximum Gasteiger partial charge on any atom is 0.123 e. The molecule has 0 nitrogen and oxygen atoms in total. The first-order chi connectivity index (χ1) is 6.57. The van der Waals surface area contributed by atoms with E-state index in [0.717, 1.165) is 5.56 Å². The lowest BCUT2D eigenvalue weighted by Gasteiger charge is -2.09. The van der Waals surface area contributed by atoms with Gasteiger partial charge < -0.3 is 0 Å². The first-order valence-electron chi connectivity index (χ1n) is 4.75. The van der Waals surface area contributed by atoms with Crippen molar-refractivity contribution in [1.29, 1.82) is 0 Å². The highest BCUT2D eigenvalue weighted by Crippen LogP contribution is 2.33. The molecule has 2 rings (SSSR count). The fourth-order valence-electron chi connectivity index (χ4n) is 1.62. The van der Waals surface area contributed by atoms with E-state index in [1.165, 1.54) is 17.7 Å². The maximum absolute atomic E-state index is 12.7.